The first-order chi connectivity index (χ1) is 18.0. The van der Waals surface area contributed by atoms with E-state index in [1.807, 2.05) is 60.7 Å². The van der Waals surface area contributed by atoms with Crippen LogP contribution in [0.25, 0.3) is 22.1 Å². The number of para-hydroxylation sites is 2. The molecule has 2 heterocycles. The number of aryl methyl sites for hydroxylation is 2. The van der Waals surface area contributed by atoms with E-state index in [9.17, 15) is 4.79 Å². The molecule has 0 spiro atoms. The highest BCUT2D eigenvalue weighted by molar-refractivity contribution is 7.15. The minimum Gasteiger partial charge on any atom is -0.493 e. The molecule has 0 fully saturated rings. The van der Waals surface area contributed by atoms with Gasteiger partial charge >= 0.3 is 0 Å². The van der Waals surface area contributed by atoms with Crippen LogP contribution in [0.1, 0.15) is 16.7 Å². The van der Waals surface area contributed by atoms with E-state index in [0.29, 0.717) is 47.4 Å². The Morgan fingerprint density at radius 3 is 2.51 bits per heavy atom. The highest BCUT2D eigenvalue weighted by Gasteiger charge is 2.11. The van der Waals surface area contributed by atoms with Crippen molar-refractivity contribution in [1.82, 2.24) is 9.38 Å². The number of aromatic nitrogens is 2. The maximum Gasteiger partial charge on any atom is 0.274 e. The predicted molar refractivity (Wildman–Crippen MR) is 146 cm³/mol. The quantitative estimate of drug-likeness (QED) is 0.254. The maximum absolute atomic E-state index is 13.0. The van der Waals surface area contributed by atoms with Gasteiger partial charge in [0.25, 0.3) is 5.56 Å². The van der Waals surface area contributed by atoms with Crippen LogP contribution in [0, 0.1) is 13.8 Å². The summed E-state index contributed by atoms with van der Waals surface area (Å²) in [5.74, 6) is 2.05. The van der Waals surface area contributed by atoms with Gasteiger partial charge in [-0.1, -0.05) is 35.6 Å². The zero-order valence-electron chi connectivity index (χ0n) is 21.0. The molecule has 37 heavy (non-hydrogen) atoms. The lowest BCUT2D eigenvalue weighted by molar-refractivity contribution is 0.0757. The molecule has 0 aliphatic heterocycles. The number of benzene rings is 3. The molecule has 8 heteroatoms. The van der Waals surface area contributed by atoms with Crippen LogP contribution in [-0.4, -0.2) is 42.9 Å². The maximum atomic E-state index is 13.0. The van der Waals surface area contributed by atoms with E-state index in [-0.39, 0.29) is 5.56 Å². The van der Waals surface area contributed by atoms with Gasteiger partial charge in [-0.2, -0.15) is 0 Å². The lowest BCUT2D eigenvalue weighted by Crippen LogP contribution is -2.22. The van der Waals surface area contributed by atoms with Gasteiger partial charge in [0, 0.05) is 0 Å². The average Bonchev–Trinajstić information content (AvgIpc) is 3.41. The Labute approximate surface area is 218 Å². The Morgan fingerprint density at radius 1 is 0.892 bits per heavy atom. The SMILES string of the molecule is COc1cc(/C=c2\sc3nc4ccccc4n3c2=O)ccc1OCCOCCOc1ccc(C)c(C)c1. The molecule has 190 valence electrons. The molecular weight excluding hydrogens is 488 g/mol. The molecule has 0 radical (unpaired) electrons. The summed E-state index contributed by atoms with van der Waals surface area (Å²) >= 11 is 1.37. The Hall–Kier alpha value is -3.88. The summed E-state index contributed by atoms with van der Waals surface area (Å²) in [5, 5.41) is 0. The molecule has 0 saturated carbocycles. The fourth-order valence-electron chi connectivity index (χ4n) is 3.99. The fourth-order valence-corrected chi connectivity index (χ4v) is 4.98. The van der Waals surface area contributed by atoms with Gasteiger partial charge in [0.15, 0.2) is 16.5 Å². The lowest BCUT2D eigenvalue weighted by Gasteiger charge is -2.12. The van der Waals surface area contributed by atoms with Crippen LogP contribution >= 0.6 is 11.3 Å². The van der Waals surface area contributed by atoms with Gasteiger partial charge in [0.05, 0.1) is 35.9 Å². The number of hydrogen-bond acceptors (Lipinski definition) is 7. The van der Waals surface area contributed by atoms with E-state index in [4.69, 9.17) is 18.9 Å². The lowest BCUT2D eigenvalue weighted by atomic mass is 10.1. The van der Waals surface area contributed by atoms with E-state index < -0.39 is 0 Å². The first-order valence-electron chi connectivity index (χ1n) is 12.0. The Morgan fingerprint density at radius 2 is 1.70 bits per heavy atom. The largest absolute Gasteiger partial charge is 0.493 e. The first-order valence-corrected chi connectivity index (χ1v) is 12.9. The molecule has 7 nitrogen and oxygen atoms in total. The van der Waals surface area contributed by atoms with Crippen molar-refractivity contribution in [2.75, 3.05) is 33.5 Å². The number of rotatable bonds is 10. The van der Waals surface area contributed by atoms with Crippen molar-refractivity contribution in [2.45, 2.75) is 13.8 Å². The molecule has 5 rings (SSSR count). The predicted octanol–water partition coefficient (Wildman–Crippen LogP) is 4.56. The van der Waals surface area contributed by atoms with Crippen molar-refractivity contribution in [3.8, 4) is 17.2 Å². The van der Waals surface area contributed by atoms with E-state index in [2.05, 4.69) is 24.9 Å². The number of nitrogens with zero attached hydrogens (tertiary/aromatic N) is 2. The van der Waals surface area contributed by atoms with E-state index in [1.165, 1.54) is 22.5 Å². The molecule has 5 aromatic rings. The van der Waals surface area contributed by atoms with Gasteiger partial charge in [-0.25, -0.2) is 9.38 Å². The monoisotopic (exact) mass is 516 g/mol. The molecular formula is C29H28N2O5S. The molecule has 0 unspecified atom stereocenters. The third-order valence-electron chi connectivity index (χ3n) is 6.09. The second-order valence-electron chi connectivity index (χ2n) is 8.60. The number of ether oxygens (including phenoxy) is 4. The van der Waals surface area contributed by atoms with Gasteiger partial charge in [0.1, 0.15) is 19.0 Å². The summed E-state index contributed by atoms with van der Waals surface area (Å²) < 4.78 is 25.0. The summed E-state index contributed by atoms with van der Waals surface area (Å²) in [7, 11) is 1.59. The van der Waals surface area contributed by atoms with Crippen molar-refractivity contribution in [3.63, 3.8) is 0 Å². The molecule has 2 aromatic heterocycles. The summed E-state index contributed by atoms with van der Waals surface area (Å²) in [6.07, 6.45) is 1.85. The second kappa shape index (κ2) is 11.0. The molecule has 3 aromatic carbocycles. The molecule has 0 aliphatic carbocycles. The van der Waals surface area contributed by atoms with Gasteiger partial charge < -0.3 is 18.9 Å². The normalized spacial score (nSPS) is 11.9. The number of hydrogen-bond donors (Lipinski definition) is 0. The second-order valence-corrected chi connectivity index (χ2v) is 9.61. The Kier molecular flexibility index (Phi) is 7.39. The third-order valence-corrected chi connectivity index (χ3v) is 7.06. The topological polar surface area (TPSA) is 71.3 Å². The molecule has 0 aliphatic rings. The number of thiazole rings is 1. The minimum atomic E-state index is -0.0772. The average molecular weight is 517 g/mol. The zero-order chi connectivity index (χ0) is 25.8. The van der Waals surface area contributed by atoms with Gasteiger partial charge in [-0.05, 0) is 73.0 Å². The zero-order valence-corrected chi connectivity index (χ0v) is 21.8. The smallest absolute Gasteiger partial charge is 0.274 e. The van der Waals surface area contributed by atoms with Gasteiger partial charge in [0.2, 0.25) is 0 Å². The number of imidazole rings is 1. The first kappa shape index (κ1) is 24.8. The van der Waals surface area contributed by atoms with Crippen LogP contribution in [0.3, 0.4) is 0 Å². The minimum absolute atomic E-state index is 0.0772. The van der Waals surface area contributed by atoms with Crippen molar-refractivity contribution in [1.29, 1.82) is 0 Å². The summed E-state index contributed by atoms with van der Waals surface area (Å²) in [6.45, 7) is 5.89. The van der Waals surface area contributed by atoms with Crippen molar-refractivity contribution in [2.24, 2.45) is 0 Å². The standard InChI is InChI=1S/C29H28N2O5S/c1-19-8-10-22(16-20(19)2)35-14-12-34-13-15-36-25-11-9-21(17-26(25)33-3)18-27-28(32)31-24-7-5-4-6-23(24)30-29(31)37-27/h4-11,16-18H,12-15H2,1-3H3/b27-18-. The van der Waals surface area contributed by atoms with Crippen LogP contribution in [-0.2, 0) is 4.74 Å². The van der Waals surface area contributed by atoms with Crippen molar-refractivity contribution in [3.05, 3.63) is 92.2 Å². The summed E-state index contributed by atoms with van der Waals surface area (Å²) in [6, 6.07) is 19.3. The number of methoxy groups -OCH3 is 1. The van der Waals surface area contributed by atoms with Crippen molar-refractivity contribution >= 4 is 33.4 Å². The third kappa shape index (κ3) is 5.45. The molecule has 0 atom stereocenters. The van der Waals surface area contributed by atoms with E-state index in [1.54, 1.807) is 11.5 Å². The summed E-state index contributed by atoms with van der Waals surface area (Å²) in [5.41, 5.74) is 4.85. The van der Waals surface area contributed by atoms with E-state index >= 15 is 0 Å². The van der Waals surface area contributed by atoms with Crippen LogP contribution < -0.4 is 24.3 Å². The van der Waals surface area contributed by atoms with Crippen LogP contribution in [0.5, 0.6) is 17.2 Å². The van der Waals surface area contributed by atoms with Crippen LogP contribution in [0.2, 0.25) is 0 Å². The summed E-state index contributed by atoms with van der Waals surface area (Å²) in [4.78, 5) is 18.3. The fraction of sp³-hybridized carbons (Fsp3) is 0.241. The molecule has 0 bridgehead atoms. The highest BCUT2D eigenvalue weighted by Crippen LogP contribution is 2.28. The molecule has 0 saturated heterocycles. The molecule has 0 amide bonds. The number of fused-ring (bicyclic) bond motifs is 3. The van der Waals surface area contributed by atoms with Crippen molar-refractivity contribution < 1.29 is 18.9 Å². The van der Waals surface area contributed by atoms with Gasteiger partial charge in [-0.15, -0.1) is 0 Å². The van der Waals surface area contributed by atoms with E-state index in [0.717, 1.165) is 22.3 Å². The van der Waals surface area contributed by atoms with Crippen LogP contribution in [0.15, 0.2) is 65.5 Å². The molecule has 0 N–H and O–H groups in total. The Bertz CT molecular complexity index is 1660. The highest BCUT2D eigenvalue weighted by atomic mass is 32.1. The van der Waals surface area contributed by atoms with Crippen LogP contribution in [0.4, 0.5) is 0 Å². The van der Waals surface area contributed by atoms with Gasteiger partial charge in [-0.3, -0.25) is 4.79 Å². The Balaban J connectivity index is 1.17.